The van der Waals surface area contributed by atoms with Gasteiger partial charge in [-0.15, -0.1) is 0 Å². The van der Waals surface area contributed by atoms with Crippen molar-refractivity contribution in [2.24, 2.45) is 5.92 Å². The van der Waals surface area contributed by atoms with Crippen LogP contribution in [0, 0.1) is 12.8 Å². The molecule has 0 fully saturated rings. The summed E-state index contributed by atoms with van der Waals surface area (Å²) in [6.07, 6.45) is 2.65. The molecule has 1 heterocycles. The number of nitrogens with one attached hydrogen (secondary N) is 2. The van der Waals surface area contributed by atoms with E-state index >= 15 is 0 Å². The number of benzene rings is 2. The summed E-state index contributed by atoms with van der Waals surface area (Å²) in [5, 5.41) is 5.77. The van der Waals surface area contributed by atoms with Gasteiger partial charge in [0.2, 0.25) is 0 Å². The number of hydrogen-bond donors (Lipinski definition) is 2. The van der Waals surface area contributed by atoms with Crippen LogP contribution in [0.3, 0.4) is 0 Å². The summed E-state index contributed by atoms with van der Waals surface area (Å²) in [6.45, 7) is 6.87. The van der Waals surface area contributed by atoms with Gasteiger partial charge in [-0.25, -0.2) is 4.98 Å². The number of aryl methyl sites for hydroxylation is 1. The van der Waals surface area contributed by atoms with Gasteiger partial charge in [0.05, 0.1) is 0 Å². The number of carbonyl (C=O) groups is 2. The molecule has 3 aromatic rings. The molecule has 0 unspecified atom stereocenters. The predicted molar refractivity (Wildman–Crippen MR) is 121 cm³/mol. The van der Waals surface area contributed by atoms with Crippen molar-refractivity contribution in [3.05, 3.63) is 83.6 Å². The molecule has 2 amide bonds. The molecule has 154 valence electrons. The second-order valence-corrected chi connectivity index (χ2v) is 7.77. The van der Waals surface area contributed by atoms with Crippen molar-refractivity contribution in [1.29, 1.82) is 0 Å². The van der Waals surface area contributed by atoms with E-state index in [1.54, 1.807) is 24.4 Å². The van der Waals surface area contributed by atoms with Gasteiger partial charge >= 0.3 is 0 Å². The van der Waals surface area contributed by atoms with E-state index in [9.17, 15) is 9.59 Å². The summed E-state index contributed by atoms with van der Waals surface area (Å²) in [6, 6.07) is 18.5. The first-order valence-electron chi connectivity index (χ1n) is 10.1. The highest BCUT2D eigenvalue weighted by Gasteiger charge is 2.09. The van der Waals surface area contributed by atoms with Gasteiger partial charge < -0.3 is 10.6 Å². The Labute approximate surface area is 177 Å². The second-order valence-electron chi connectivity index (χ2n) is 7.77. The topological polar surface area (TPSA) is 71.1 Å². The summed E-state index contributed by atoms with van der Waals surface area (Å²) in [5.41, 5.74) is 4.01. The van der Waals surface area contributed by atoms with E-state index in [1.165, 1.54) is 0 Å². The molecule has 2 aromatic carbocycles. The molecule has 5 heteroatoms. The zero-order valence-corrected chi connectivity index (χ0v) is 17.6. The van der Waals surface area contributed by atoms with E-state index < -0.39 is 0 Å². The molecule has 30 heavy (non-hydrogen) atoms. The van der Waals surface area contributed by atoms with Crippen LogP contribution in [0.15, 0.2) is 66.9 Å². The fourth-order valence-corrected chi connectivity index (χ4v) is 3.03. The molecule has 0 aliphatic heterocycles. The quantitative estimate of drug-likeness (QED) is 0.580. The Morgan fingerprint density at radius 3 is 2.30 bits per heavy atom. The fourth-order valence-electron chi connectivity index (χ4n) is 3.03. The maximum atomic E-state index is 12.4. The number of nitrogens with zero attached hydrogens (tertiary/aromatic N) is 1. The SMILES string of the molecule is Cc1cccc(C(=O)Nc2ccc(-c3cccc(C(=O)NCCC(C)C)c3)cn2)c1. The lowest BCUT2D eigenvalue weighted by Gasteiger charge is -2.09. The number of aromatic nitrogens is 1. The van der Waals surface area contributed by atoms with Gasteiger partial charge in [-0.3, -0.25) is 9.59 Å². The van der Waals surface area contributed by atoms with E-state index in [0.29, 0.717) is 29.4 Å². The highest BCUT2D eigenvalue weighted by atomic mass is 16.2. The monoisotopic (exact) mass is 401 g/mol. The van der Waals surface area contributed by atoms with E-state index in [-0.39, 0.29) is 11.8 Å². The van der Waals surface area contributed by atoms with Crippen molar-refractivity contribution in [3.8, 4) is 11.1 Å². The largest absolute Gasteiger partial charge is 0.352 e. The lowest BCUT2D eigenvalue weighted by molar-refractivity contribution is 0.0951. The minimum Gasteiger partial charge on any atom is -0.352 e. The molecular weight excluding hydrogens is 374 g/mol. The van der Waals surface area contributed by atoms with Gasteiger partial charge in [-0.05, 0) is 61.2 Å². The van der Waals surface area contributed by atoms with Crippen LogP contribution in [0.5, 0.6) is 0 Å². The Morgan fingerprint density at radius 1 is 0.900 bits per heavy atom. The first-order chi connectivity index (χ1) is 14.4. The van der Waals surface area contributed by atoms with Crippen LogP contribution < -0.4 is 10.6 Å². The molecule has 0 atom stereocenters. The van der Waals surface area contributed by atoms with E-state index in [2.05, 4.69) is 29.5 Å². The third-order valence-corrected chi connectivity index (χ3v) is 4.75. The number of carbonyl (C=O) groups excluding carboxylic acids is 2. The van der Waals surface area contributed by atoms with E-state index in [0.717, 1.165) is 23.1 Å². The Kier molecular flexibility index (Phi) is 6.96. The first kappa shape index (κ1) is 21.2. The summed E-state index contributed by atoms with van der Waals surface area (Å²) in [4.78, 5) is 29.1. The highest BCUT2D eigenvalue weighted by Crippen LogP contribution is 2.21. The van der Waals surface area contributed by atoms with Crippen LogP contribution in [0.4, 0.5) is 5.82 Å². The number of rotatable bonds is 7. The number of hydrogen-bond acceptors (Lipinski definition) is 3. The van der Waals surface area contributed by atoms with E-state index in [1.807, 2.05) is 49.4 Å². The first-order valence-corrected chi connectivity index (χ1v) is 10.1. The van der Waals surface area contributed by atoms with Crippen LogP contribution in [-0.2, 0) is 0 Å². The Bertz CT molecular complexity index is 1030. The molecule has 0 spiro atoms. The van der Waals surface area contributed by atoms with Gasteiger partial charge in [-0.1, -0.05) is 43.7 Å². The summed E-state index contributed by atoms with van der Waals surface area (Å²) >= 11 is 0. The minimum absolute atomic E-state index is 0.0764. The predicted octanol–water partition coefficient (Wildman–Crippen LogP) is 5.09. The van der Waals surface area contributed by atoms with Gasteiger partial charge in [0, 0.05) is 29.4 Å². The molecule has 0 saturated heterocycles. The molecule has 0 aliphatic carbocycles. The number of anilines is 1. The minimum atomic E-state index is -0.195. The molecule has 0 aliphatic rings. The Morgan fingerprint density at radius 2 is 1.63 bits per heavy atom. The Balaban J connectivity index is 1.67. The van der Waals surface area contributed by atoms with Crippen molar-refractivity contribution in [1.82, 2.24) is 10.3 Å². The summed E-state index contributed by atoms with van der Waals surface area (Å²) < 4.78 is 0. The third kappa shape index (κ3) is 5.77. The molecule has 2 N–H and O–H groups in total. The zero-order chi connectivity index (χ0) is 21.5. The van der Waals surface area contributed by atoms with Crippen LogP contribution in [-0.4, -0.2) is 23.3 Å². The highest BCUT2D eigenvalue weighted by molar-refractivity contribution is 6.03. The lowest BCUT2D eigenvalue weighted by atomic mass is 10.0. The van der Waals surface area contributed by atoms with Crippen LogP contribution >= 0.6 is 0 Å². The molecular formula is C25H27N3O2. The van der Waals surface area contributed by atoms with Gasteiger partial charge in [0.15, 0.2) is 0 Å². The number of pyridine rings is 1. The van der Waals surface area contributed by atoms with Crippen LogP contribution in [0.1, 0.15) is 46.5 Å². The number of amides is 2. The lowest BCUT2D eigenvalue weighted by Crippen LogP contribution is -2.25. The van der Waals surface area contributed by atoms with Crippen LogP contribution in [0.2, 0.25) is 0 Å². The van der Waals surface area contributed by atoms with Crippen molar-refractivity contribution in [2.75, 3.05) is 11.9 Å². The molecule has 0 bridgehead atoms. The zero-order valence-electron chi connectivity index (χ0n) is 17.6. The van der Waals surface area contributed by atoms with Crippen molar-refractivity contribution < 1.29 is 9.59 Å². The standard InChI is InChI=1S/C25H27N3O2/c1-17(2)12-13-26-24(29)21-9-5-7-19(15-21)22-10-11-23(27-16-22)28-25(30)20-8-4-6-18(3)14-20/h4-11,14-17H,12-13H2,1-3H3,(H,26,29)(H,27,28,30). The van der Waals surface area contributed by atoms with Crippen molar-refractivity contribution >= 4 is 17.6 Å². The fraction of sp³-hybridized carbons (Fsp3) is 0.240. The van der Waals surface area contributed by atoms with Crippen LogP contribution in [0.25, 0.3) is 11.1 Å². The normalized spacial score (nSPS) is 10.7. The molecule has 0 radical (unpaired) electrons. The Hall–Kier alpha value is -3.47. The molecule has 3 rings (SSSR count). The summed E-state index contributed by atoms with van der Waals surface area (Å²) in [7, 11) is 0. The smallest absolute Gasteiger partial charge is 0.256 e. The second kappa shape index (κ2) is 9.83. The average molecular weight is 402 g/mol. The molecule has 0 saturated carbocycles. The average Bonchev–Trinajstić information content (AvgIpc) is 2.74. The molecule has 1 aromatic heterocycles. The van der Waals surface area contributed by atoms with Gasteiger partial charge in [0.25, 0.3) is 11.8 Å². The van der Waals surface area contributed by atoms with Crippen molar-refractivity contribution in [2.45, 2.75) is 27.2 Å². The van der Waals surface area contributed by atoms with E-state index in [4.69, 9.17) is 0 Å². The maximum absolute atomic E-state index is 12.4. The van der Waals surface area contributed by atoms with Gasteiger partial charge in [0.1, 0.15) is 5.82 Å². The summed E-state index contributed by atoms with van der Waals surface area (Å²) in [5.74, 6) is 0.756. The van der Waals surface area contributed by atoms with Gasteiger partial charge in [-0.2, -0.15) is 0 Å². The van der Waals surface area contributed by atoms with Crippen molar-refractivity contribution in [3.63, 3.8) is 0 Å². The third-order valence-electron chi connectivity index (χ3n) is 4.75. The maximum Gasteiger partial charge on any atom is 0.256 e. The molecule has 5 nitrogen and oxygen atoms in total.